The third-order valence-corrected chi connectivity index (χ3v) is 2.65. The van der Waals surface area contributed by atoms with Crippen LogP contribution in [0.25, 0.3) is 0 Å². The number of benzene rings is 1. The molecule has 0 aliphatic rings. The predicted octanol–water partition coefficient (Wildman–Crippen LogP) is 3.55. The Morgan fingerprint density at radius 1 is 1.50 bits per heavy atom. The van der Waals surface area contributed by atoms with Crippen molar-refractivity contribution in [2.45, 2.75) is 13.3 Å². The van der Waals surface area contributed by atoms with Gasteiger partial charge in [0.2, 0.25) is 0 Å². The molecule has 0 N–H and O–H groups in total. The van der Waals surface area contributed by atoms with Crippen LogP contribution in [0.1, 0.15) is 23.7 Å². The van der Waals surface area contributed by atoms with Crippen LogP contribution < -0.4 is 4.90 Å². The van der Waals surface area contributed by atoms with Gasteiger partial charge in [-0.15, -0.1) is 6.58 Å². The van der Waals surface area contributed by atoms with Gasteiger partial charge in [0.15, 0.2) is 6.29 Å². The highest BCUT2D eigenvalue weighted by molar-refractivity contribution is 6.33. The van der Waals surface area contributed by atoms with Crippen LogP contribution in [0.5, 0.6) is 0 Å². The third kappa shape index (κ3) is 3.11. The van der Waals surface area contributed by atoms with Crippen molar-refractivity contribution in [2.75, 3.05) is 18.0 Å². The van der Waals surface area contributed by atoms with E-state index in [1.165, 1.54) is 0 Å². The molecule has 1 rings (SSSR count). The number of carbonyl (C=O) groups is 1. The van der Waals surface area contributed by atoms with Crippen LogP contribution >= 0.6 is 11.6 Å². The van der Waals surface area contributed by atoms with Crippen LogP contribution in [0.3, 0.4) is 0 Å². The molecule has 0 radical (unpaired) electrons. The summed E-state index contributed by atoms with van der Waals surface area (Å²) in [5.41, 5.74) is 1.55. The second-order valence-corrected chi connectivity index (χ2v) is 3.97. The van der Waals surface area contributed by atoms with Crippen LogP contribution in [0.4, 0.5) is 5.69 Å². The van der Waals surface area contributed by atoms with Crippen molar-refractivity contribution in [2.24, 2.45) is 0 Å². The number of carbonyl (C=O) groups excluding carboxylic acids is 1. The Labute approximate surface area is 102 Å². The second kappa shape index (κ2) is 6.33. The largest absolute Gasteiger partial charge is 0.368 e. The summed E-state index contributed by atoms with van der Waals surface area (Å²) in [7, 11) is 0. The maximum atomic E-state index is 10.6. The van der Waals surface area contributed by atoms with Crippen LogP contribution in [-0.2, 0) is 0 Å². The SMILES string of the molecule is C=CCN(CCC)c1ccc(C=O)c(Cl)c1. The summed E-state index contributed by atoms with van der Waals surface area (Å²) in [6.07, 6.45) is 3.68. The zero-order valence-corrected chi connectivity index (χ0v) is 10.2. The molecule has 16 heavy (non-hydrogen) atoms. The molecule has 0 fully saturated rings. The summed E-state index contributed by atoms with van der Waals surface area (Å²) in [5, 5.41) is 0.498. The smallest absolute Gasteiger partial charge is 0.151 e. The molecule has 86 valence electrons. The van der Waals surface area contributed by atoms with Crippen molar-refractivity contribution in [1.82, 2.24) is 0 Å². The molecular formula is C13H16ClNO. The van der Waals surface area contributed by atoms with E-state index in [2.05, 4.69) is 18.4 Å². The van der Waals surface area contributed by atoms with E-state index in [1.54, 1.807) is 6.07 Å². The number of aldehydes is 1. The highest BCUT2D eigenvalue weighted by Gasteiger charge is 2.06. The van der Waals surface area contributed by atoms with Crippen molar-refractivity contribution >= 4 is 23.6 Å². The molecule has 2 nitrogen and oxygen atoms in total. The predicted molar refractivity (Wildman–Crippen MR) is 69.5 cm³/mol. The number of hydrogen-bond donors (Lipinski definition) is 0. The van der Waals surface area contributed by atoms with Crippen molar-refractivity contribution in [3.63, 3.8) is 0 Å². The van der Waals surface area contributed by atoms with E-state index in [0.29, 0.717) is 10.6 Å². The summed E-state index contributed by atoms with van der Waals surface area (Å²) in [4.78, 5) is 12.8. The Balaban J connectivity index is 2.95. The summed E-state index contributed by atoms with van der Waals surface area (Å²) in [5.74, 6) is 0. The Morgan fingerprint density at radius 3 is 2.75 bits per heavy atom. The molecule has 0 unspecified atom stereocenters. The summed E-state index contributed by atoms with van der Waals surface area (Å²) >= 11 is 5.99. The molecule has 0 saturated carbocycles. The van der Waals surface area contributed by atoms with Crippen molar-refractivity contribution < 1.29 is 4.79 Å². The van der Waals surface area contributed by atoms with E-state index in [1.807, 2.05) is 18.2 Å². The van der Waals surface area contributed by atoms with Gasteiger partial charge >= 0.3 is 0 Å². The molecule has 0 aromatic heterocycles. The summed E-state index contributed by atoms with van der Waals surface area (Å²) < 4.78 is 0. The van der Waals surface area contributed by atoms with Crippen LogP contribution in [0.15, 0.2) is 30.9 Å². The number of hydrogen-bond acceptors (Lipinski definition) is 2. The quantitative estimate of drug-likeness (QED) is 0.557. The third-order valence-electron chi connectivity index (χ3n) is 2.32. The highest BCUT2D eigenvalue weighted by Crippen LogP contribution is 2.22. The molecule has 0 atom stereocenters. The number of nitrogens with zero attached hydrogens (tertiary/aromatic N) is 1. The van der Waals surface area contributed by atoms with Gasteiger partial charge in [-0.25, -0.2) is 0 Å². The van der Waals surface area contributed by atoms with Crippen molar-refractivity contribution in [1.29, 1.82) is 0 Å². The normalized spacial score (nSPS) is 9.88. The maximum Gasteiger partial charge on any atom is 0.151 e. The topological polar surface area (TPSA) is 20.3 Å². The fourth-order valence-electron chi connectivity index (χ4n) is 1.56. The van der Waals surface area contributed by atoms with E-state index in [0.717, 1.165) is 31.5 Å². The fourth-order valence-corrected chi connectivity index (χ4v) is 1.78. The Kier molecular flexibility index (Phi) is 5.06. The lowest BCUT2D eigenvalue weighted by atomic mass is 10.2. The minimum absolute atomic E-state index is 0.498. The van der Waals surface area contributed by atoms with Gasteiger partial charge in [-0.2, -0.15) is 0 Å². The number of anilines is 1. The first-order valence-electron chi connectivity index (χ1n) is 5.33. The minimum Gasteiger partial charge on any atom is -0.368 e. The van der Waals surface area contributed by atoms with E-state index >= 15 is 0 Å². The zero-order valence-electron chi connectivity index (χ0n) is 9.45. The van der Waals surface area contributed by atoms with Gasteiger partial charge in [-0.1, -0.05) is 24.6 Å². The molecular weight excluding hydrogens is 222 g/mol. The molecule has 0 bridgehead atoms. The van der Waals surface area contributed by atoms with Crippen molar-refractivity contribution in [3.05, 3.63) is 41.4 Å². The highest BCUT2D eigenvalue weighted by atomic mass is 35.5. The van der Waals surface area contributed by atoms with Crippen LogP contribution in [-0.4, -0.2) is 19.4 Å². The van der Waals surface area contributed by atoms with E-state index in [-0.39, 0.29) is 0 Å². The fraction of sp³-hybridized carbons (Fsp3) is 0.308. The van der Waals surface area contributed by atoms with Gasteiger partial charge in [-0.05, 0) is 24.6 Å². The average molecular weight is 238 g/mol. The Morgan fingerprint density at radius 2 is 2.25 bits per heavy atom. The standard InChI is InChI=1S/C13H16ClNO/c1-3-7-15(8-4-2)12-6-5-11(10-16)13(14)9-12/h3,5-6,9-10H,1,4,7-8H2,2H3. The van der Waals surface area contributed by atoms with Gasteiger partial charge in [0.1, 0.15) is 0 Å². The van der Waals surface area contributed by atoms with Gasteiger partial charge < -0.3 is 4.90 Å². The number of rotatable bonds is 6. The van der Waals surface area contributed by atoms with E-state index in [9.17, 15) is 4.79 Å². The van der Waals surface area contributed by atoms with Gasteiger partial charge in [0.25, 0.3) is 0 Å². The first-order valence-corrected chi connectivity index (χ1v) is 5.71. The van der Waals surface area contributed by atoms with Gasteiger partial charge in [-0.3, -0.25) is 4.79 Å². The lowest BCUT2D eigenvalue weighted by Crippen LogP contribution is -2.23. The van der Waals surface area contributed by atoms with Crippen LogP contribution in [0, 0.1) is 0 Å². The van der Waals surface area contributed by atoms with E-state index in [4.69, 9.17) is 11.6 Å². The number of halogens is 1. The van der Waals surface area contributed by atoms with Gasteiger partial charge in [0, 0.05) is 24.3 Å². The lowest BCUT2D eigenvalue weighted by Gasteiger charge is -2.23. The second-order valence-electron chi connectivity index (χ2n) is 3.56. The molecule has 0 saturated heterocycles. The molecule has 1 aromatic rings. The van der Waals surface area contributed by atoms with Crippen molar-refractivity contribution in [3.8, 4) is 0 Å². The average Bonchev–Trinajstić information content (AvgIpc) is 2.28. The molecule has 3 heteroatoms. The first-order chi connectivity index (χ1) is 7.72. The monoisotopic (exact) mass is 237 g/mol. The maximum absolute atomic E-state index is 10.6. The Bertz CT molecular complexity index is 376. The van der Waals surface area contributed by atoms with Gasteiger partial charge in [0.05, 0.1) is 5.02 Å². The Hall–Kier alpha value is -1.28. The molecule has 0 aliphatic carbocycles. The molecule has 0 amide bonds. The summed E-state index contributed by atoms with van der Waals surface area (Å²) in [6.45, 7) is 7.59. The molecule has 1 aromatic carbocycles. The molecule has 0 heterocycles. The minimum atomic E-state index is 0.498. The zero-order chi connectivity index (χ0) is 12.0. The molecule has 0 aliphatic heterocycles. The molecule has 0 spiro atoms. The van der Waals surface area contributed by atoms with E-state index < -0.39 is 0 Å². The summed E-state index contributed by atoms with van der Waals surface area (Å²) in [6, 6.07) is 5.48. The first kappa shape index (κ1) is 12.8. The van der Waals surface area contributed by atoms with Crippen LogP contribution in [0.2, 0.25) is 5.02 Å². The lowest BCUT2D eigenvalue weighted by molar-refractivity contribution is 0.112.